The third-order valence-corrected chi connectivity index (χ3v) is 8.55. The molecule has 0 spiro atoms. The van der Waals surface area contributed by atoms with Crippen molar-refractivity contribution in [3.63, 3.8) is 0 Å². The number of likely N-dealkylation sites (N-methyl/N-ethyl adjacent to an activating group) is 1. The average molecular weight is 522 g/mol. The minimum absolute atomic E-state index is 0.0614. The number of Topliss-reactive ketones (excluding diaryl/α,β-unsaturated/α-hetero) is 4. The maximum Gasteiger partial charge on any atom is 0.235 e. The highest BCUT2D eigenvalue weighted by atomic mass is 16.5. The fourth-order valence-corrected chi connectivity index (χ4v) is 7.10. The Balaban J connectivity index is 1.74. The van der Waals surface area contributed by atoms with Crippen LogP contribution in [0, 0.1) is 23.7 Å². The van der Waals surface area contributed by atoms with E-state index in [4.69, 9.17) is 10.5 Å². The molecule has 2 fully saturated rings. The van der Waals surface area contributed by atoms with Crippen LogP contribution in [0.2, 0.25) is 0 Å². The number of primary amides is 1. The van der Waals surface area contributed by atoms with Crippen molar-refractivity contribution in [1.29, 1.82) is 0 Å². The summed E-state index contributed by atoms with van der Waals surface area (Å²) in [6.07, 6.45) is 0.368. The Labute approximate surface area is 219 Å². The van der Waals surface area contributed by atoms with E-state index in [-0.39, 0.29) is 12.0 Å². The molecule has 0 radical (unpaired) electrons. The van der Waals surface area contributed by atoms with E-state index in [0.717, 1.165) is 16.6 Å². The first-order valence-electron chi connectivity index (χ1n) is 12.5. The summed E-state index contributed by atoms with van der Waals surface area (Å²) >= 11 is 0. The van der Waals surface area contributed by atoms with E-state index >= 15 is 0 Å². The number of nitrogens with zero attached hydrogens (tertiary/aromatic N) is 2. The van der Waals surface area contributed by atoms with Crippen LogP contribution in [0.1, 0.15) is 22.3 Å². The van der Waals surface area contributed by atoms with Crippen LogP contribution in [-0.4, -0.2) is 86.0 Å². The zero-order valence-electron chi connectivity index (χ0n) is 22.0. The first-order valence-corrected chi connectivity index (χ1v) is 12.5. The molecular formula is C28H31N3O7. The molecule has 10 nitrogen and oxygen atoms in total. The highest BCUT2D eigenvalue weighted by Gasteiger charge is 2.69. The molecule has 3 aliphatic rings. The van der Waals surface area contributed by atoms with Crippen molar-refractivity contribution in [2.75, 3.05) is 40.2 Å². The van der Waals surface area contributed by atoms with Crippen molar-refractivity contribution in [3.05, 3.63) is 35.4 Å². The van der Waals surface area contributed by atoms with E-state index in [1.807, 2.05) is 43.3 Å². The maximum absolute atomic E-state index is 14.2. The molecule has 200 valence electrons. The molecule has 6 atom stereocenters. The summed E-state index contributed by atoms with van der Waals surface area (Å²) in [5.74, 6) is -9.37. The van der Waals surface area contributed by atoms with Crippen molar-refractivity contribution in [2.45, 2.75) is 24.5 Å². The second kappa shape index (κ2) is 8.71. The fraction of sp³-hybridized carbons (Fsp3) is 0.464. The van der Waals surface area contributed by atoms with Crippen LogP contribution in [0.15, 0.2) is 24.3 Å². The van der Waals surface area contributed by atoms with Gasteiger partial charge in [-0.2, -0.15) is 0 Å². The molecule has 38 heavy (non-hydrogen) atoms. The summed E-state index contributed by atoms with van der Waals surface area (Å²) in [6, 6.07) is 6.40. The lowest BCUT2D eigenvalue weighted by molar-refractivity contribution is -0.181. The second-order valence-corrected chi connectivity index (χ2v) is 11.0. The zero-order valence-corrected chi connectivity index (χ0v) is 22.0. The van der Waals surface area contributed by atoms with Gasteiger partial charge in [0.1, 0.15) is 5.75 Å². The van der Waals surface area contributed by atoms with Gasteiger partial charge in [0.15, 0.2) is 34.7 Å². The SMILES string of the molecule is COc1c2c(c(N(C)C)c3ccccc13)C[C@H]1C[C@H]3[C@H](N(C)C)C(=O)C(C(N)=O)C(=O)[C@@]3(O)C(=O)C1C2=O. The van der Waals surface area contributed by atoms with Crippen LogP contribution >= 0.6 is 0 Å². The third kappa shape index (κ3) is 3.23. The lowest BCUT2D eigenvalue weighted by atomic mass is 9.52. The summed E-state index contributed by atoms with van der Waals surface area (Å²) in [4.78, 5) is 70.4. The van der Waals surface area contributed by atoms with Crippen molar-refractivity contribution in [1.82, 2.24) is 4.90 Å². The fourth-order valence-electron chi connectivity index (χ4n) is 7.10. The normalized spacial score (nSPS) is 30.7. The molecule has 3 N–H and O–H groups in total. The Morgan fingerprint density at radius 3 is 2.24 bits per heavy atom. The monoisotopic (exact) mass is 521 g/mol. The summed E-state index contributed by atoms with van der Waals surface area (Å²) in [5.41, 5.74) is 4.49. The molecule has 2 saturated carbocycles. The van der Waals surface area contributed by atoms with Crippen LogP contribution in [0.4, 0.5) is 5.69 Å². The molecule has 0 aromatic heterocycles. The molecule has 2 aromatic carbocycles. The molecule has 2 unspecified atom stereocenters. The van der Waals surface area contributed by atoms with E-state index in [0.29, 0.717) is 17.6 Å². The number of carbonyl (C=O) groups excluding carboxylic acids is 5. The highest BCUT2D eigenvalue weighted by molar-refractivity contribution is 6.32. The van der Waals surface area contributed by atoms with Crippen LogP contribution in [0.25, 0.3) is 10.8 Å². The number of hydrogen-bond acceptors (Lipinski definition) is 9. The van der Waals surface area contributed by atoms with Gasteiger partial charge in [0.25, 0.3) is 0 Å². The largest absolute Gasteiger partial charge is 0.495 e. The number of carbonyl (C=O) groups is 5. The second-order valence-electron chi connectivity index (χ2n) is 11.0. The number of anilines is 1. The number of ketones is 4. The quantitative estimate of drug-likeness (QED) is 0.545. The lowest BCUT2D eigenvalue weighted by Crippen LogP contribution is -2.74. The first kappa shape index (κ1) is 26.0. The van der Waals surface area contributed by atoms with Crippen molar-refractivity contribution in [2.24, 2.45) is 29.4 Å². The van der Waals surface area contributed by atoms with Gasteiger partial charge in [-0.05, 0) is 38.4 Å². The van der Waals surface area contributed by atoms with E-state index < -0.39 is 64.4 Å². The molecule has 10 heteroatoms. The van der Waals surface area contributed by atoms with E-state index in [1.54, 1.807) is 14.1 Å². The van der Waals surface area contributed by atoms with Gasteiger partial charge in [-0.1, -0.05) is 24.3 Å². The third-order valence-electron chi connectivity index (χ3n) is 8.55. The van der Waals surface area contributed by atoms with E-state index in [1.165, 1.54) is 12.0 Å². The molecule has 1 amide bonds. The number of amides is 1. The van der Waals surface area contributed by atoms with Crippen LogP contribution < -0.4 is 15.4 Å². The number of fused-ring (bicyclic) bond motifs is 4. The van der Waals surface area contributed by atoms with Gasteiger partial charge in [-0.15, -0.1) is 0 Å². The van der Waals surface area contributed by atoms with E-state index in [2.05, 4.69) is 0 Å². The minimum Gasteiger partial charge on any atom is -0.495 e. The number of hydrogen-bond donors (Lipinski definition) is 2. The Kier molecular flexibility index (Phi) is 5.96. The topological polar surface area (TPSA) is 147 Å². The van der Waals surface area contributed by atoms with Crippen LogP contribution in [-0.2, 0) is 25.6 Å². The predicted molar refractivity (Wildman–Crippen MR) is 138 cm³/mol. The van der Waals surface area contributed by atoms with Crippen LogP contribution in [0.3, 0.4) is 0 Å². The molecule has 5 rings (SSSR count). The standard InChI is InChI=1S/C28H31N3O7/c1-30(2)20-13-8-6-7-9-14(13)24(38-5)18-15(20)10-12-11-16-21(31(3)4)23(33)19(27(29)36)26(35)28(16,37)25(34)17(12)22(18)32/h6-9,12,16-17,19,21,37H,10-11H2,1-5H3,(H2,29,36)/t12-,16-,17?,19?,21-,28-/m0/s1. The summed E-state index contributed by atoms with van der Waals surface area (Å²) in [7, 11) is 8.37. The predicted octanol–water partition coefficient (Wildman–Crippen LogP) is 0.389. The molecule has 0 bridgehead atoms. The number of nitrogens with two attached hydrogens (primary N) is 1. The maximum atomic E-state index is 14.2. The molecule has 0 heterocycles. The van der Waals surface area contributed by atoms with Crippen molar-refractivity contribution in [3.8, 4) is 5.75 Å². The zero-order chi connectivity index (χ0) is 27.8. The Morgan fingerprint density at radius 2 is 1.68 bits per heavy atom. The van der Waals surface area contributed by atoms with Gasteiger partial charge in [0.05, 0.1) is 24.6 Å². The van der Waals surface area contributed by atoms with Gasteiger partial charge in [0, 0.05) is 36.5 Å². The first-order chi connectivity index (χ1) is 17.9. The lowest BCUT2D eigenvalue weighted by Gasteiger charge is -2.52. The van der Waals surface area contributed by atoms with Gasteiger partial charge in [-0.25, -0.2) is 0 Å². The van der Waals surface area contributed by atoms with Gasteiger partial charge in [-0.3, -0.25) is 28.9 Å². The number of benzene rings is 2. The van der Waals surface area contributed by atoms with E-state index in [9.17, 15) is 29.1 Å². The minimum atomic E-state index is -2.69. The number of rotatable bonds is 4. The highest BCUT2D eigenvalue weighted by Crippen LogP contribution is 2.53. The molecule has 0 aliphatic heterocycles. The smallest absolute Gasteiger partial charge is 0.235 e. The summed E-state index contributed by atoms with van der Waals surface area (Å²) in [5, 5.41) is 13.3. The number of ether oxygens (including phenoxy) is 1. The Morgan fingerprint density at radius 1 is 1.05 bits per heavy atom. The number of aliphatic hydroxyl groups is 1. The van der Waals surface area contributed by atoms with Crippen molar-refractivity contribution < 1.29 is 33.8 Å². The molecular weight excluding hydrogens is 490 g/mol. The van der Waals surface area contributed by atoms with Gasteiger partial charge >= 0.3 is 0 Å². The summed E-state index contributed by atoms with van der Waals surface area (Å²) in [6.45, 7) is 0. The average Bonchev–Trinajstić information content (AvgIpc) is 2.84. The Bertz CT molecular complexity index is 1430. The molecule has 3 aliphatic carbocycles. The van der Waals surface area contributed by atoms with Gasteiger partial charge < -0.3 is 20.5 Å². The van der Waals surface area contributed by atoms with Gasteiger partial charge in [0.2, 0.25) is 5.91 Å². The van der Waals surface area contributed by atoms with Crippen LogP contribution in [0.5, 0.6) is 5.75 Å². The number of methoxy groups -OCH3 is 1. The molecule has 2 aromatic rings. The van der Waals surface area contributed by atoms with Crippen molar-refractivity contribution >= 4 is 45.5 Å². The Hall–Kier alpha value is -3.63. The molecule has 0 saturated heterocycles. The summed E-state index contributed by atoms with van der Waals surface area (Å²) < 4.78 is 5.72.